The maximum absolute atomic E-state index is 12.8. The number of aromatic nitrogens is 2. The Labute approximate surface area is 128 Å². The van der Waals surface area contributed by atoms with Crippen molar-refractivity contribution in [3.8, 4) is 0 Å². The first-order valence-corrected chi connectivity index (χ1v) is 8.18. The highest BCUT2D eigenvalue weighted by Crippen LogP contribution is 2.27. The molecule has 3 rings (SSSR count). The van der Waals surface area contributed by atoms with Crippen LogP contribution in [0.4, 0.5) is 0 Å². The maximum atomic E-state index is 12.8. The van der Waals surface area contributed by atoms with Crippen molar-refractivity contribution < 1.29 is 8.42 Å². The molecule has 0 bridgehead atoms. The van der Waals surface area contributed by atoms with Gasteiger partial charge in [-0.05, 0) is 44.2 Å². The molecule has 3 aromatic rings. The van der Waals surface area contributed by atoms with Crippen molar-refractivity contribution in [1.29, 1.82) is 0 Å². The van der Waals surface area contributed by atoms with Gasteiger partial charge in [-0.2, -0.15) is 0 Å². The third kappa shape index (κ3) is 2.32. The molecule has 1 aromatic carbocycles. The normalized spacial score (nSPS) is 12.0. The van der Waals surface area contributed by atoms with Crippen molar-refractivity contribution in [2.24, 2.45) is 0 Å². The fourth-order valence-electron chi connectivity index (χ4n) is 2.16. The fourth-order valence-corrected chi connectivity index (χ4v) is 3.98. The summed E-state index contributed by atoms with van der Waals surface area (Å²) in [4.78, 5) is 4.50. The van der Waals surface area contributed by atoms with E-state index in [1.54, 1.807) is 30.3 Å². The number of halogens is 1. The lowest BCUT2D eigenvalue weighted by Gasteiger charge is -2.09. The number of nitrogens with zero attached hydrogens (tertiary/aromatic N) is 2. The molecule has 0 amide bonds. The van der Waals surface area contributed by atoms with Gasteiger partial charge in [0.15, 0.2) is 5.65 Å². The van der Waals surface area contributed by atoms with Gasteiger partial charge in [0.25, 0.3) is 10.0 Å². The summed E-state index contributed by atoms with van der Waals surface area (Å²) in [5, 5.41) is 0.824. The SMILES string of the molecule is Cc1ccc(S(=O)(=O)n2c(Cl)cc3ccc(C)nc32)cc1. The van der Waals surface area contributed by atoms with Gasteiger partial charge >= 0.3 is 0 Å². The molecular formula is C15H13ClN2O2S. The predicted molar refractivity (Wildman–Crippen MR) is 83.2 cm³/mol. The standard InChI is InChI=1S/C15H13ClN2O2S/c1-10-3-7-13(8-4-10)21(19,20)18-14(16)9-12-6-5-11(2)17-15(12)18/h3-9H,1-2H3. The molecule has 108 valence electrons. The molecule has 0 radical (unpaired) electrons. The summed E-state index contributed by atoms with van der Waals surface area (Å²) in [6.07, 6.45) is 0. The zero-order chi connectivity index (χ0) is 15.2. The number of aryl methyl sites for hydroxylation is 2. The summed E-state index contributed by atoms with van der Waals surface area (Å²) < 4.78 is 26.7. The Morgan fingerprint density at radius 2 is 1.71 bits per heavy atom. The molecule has 0 N–H and O–H groups in total. The third-order valence-corrected chi connectivity index (χ3v) is 5.36. The summed E-state index contributed by atoms with van der Waals surface area (Å²) in [5.74, 6) is 0. The van der Waals surface area contributed by atoms with Crippen LogP contribution in [0.1, 0.15) is 11.3 Å². The minimum atomic E-state index is -3.76. The molecule has 0 saturated heterocycles. The molecule has 0 saturated carbocycles. The highest BCUT2D eigenvalue weighted by molar-refractivity contribution is 7.90. The van der Waals surface area contributed by atoms with Crippen LogP contribution in [0.25, 0.3) is 11.0 Å². The van der Waals surface area contributed by atoms with Crippen molar-refractivity contribution in [1.82, 2.24) is 8.96 Å². The van der Waals surface area contributed by atoms with Crippen molar-refractivity contribution in [2.75, 3.05) is 0 Å². The van der Waals surface area contributed by atoms with Gasteiger partial charge in [0.1, 0.15) is 5.15 Å². The van der Waals surface area contributed by atoms with E-state index in [9.17, 15) is 8.42 Å². The lowest BCUT2D eigenvalue weighted by atomic mass is 10.2. The molecule has 0 spiro atoms. The molecule has 2 aromatic heterocycles. The van der Waals surface area contributed by atoms with E-state index in [1.165, 1.54) is 0 Å². The van der Waals surface area contributed by atoms with Gasteiger partial charge in [0, 0.05) is 11.1 Å². The Hall–Kier alpha value is -1.85. The Morgan fingerprint density at radius 3 is 2.38 bits per heavy atom. The van der Waals surface area contributed by atoms with Crippen LogP contribution < -0.4 is 0 Å². The second-order valence-electron chi connectivity index (χ2n) is 4.92. The number of fused-ring (bicyclic) bond motifs is 1. The summed E-state index contributed by atoms with van der Waals surface area (Å²) in [6, 6.07) is 11.9. The molecule has 0 fully saturated rings. The molecule has 4 nitrogen and oxygen atoms in total. The first-order chi connectivity index (χ1) is 9.89. The Balaban J connectivity index is 2.30. The van der Waals surface area contributed by atoms with Crippen molar-refractivity contribution in [2.45, 2.75) is 18.7 Å². The summed E-state index contributed by atoms with van der Waals surface area (Å²) in [6.45, 7) is 3.71. The first-order valence-electron chi connectivity index (χ1n) is 6.36. The molecule has 2 heterocycles. The van der Waals surface area contributed by atoms with E-state index in [4.69, 9.17) is 11.6 Å². The van der Waals surface area contributed by atoms with E-state index in [1.807, 2.05) is 26.0 Å². The summed E-state index contributed by atoms with van der Waals surface area (Å²) in [7, 11) is -3.76. The van der Waals surface area contributed by atoms with Crippen LogP contribution in [0.2, 0.25) is 5.15 Å². The van der Waals surface area contributed by atoms with Gasteiger partial charge in [-0.15, -0.1) is 0 Å². The Bertz CT molecular complexity index is 928. The average molecular weight is 321 g/mol. The van der Waals surface area contributed by atoms with Crippen LogP contribution in [0.15, 0.2) is 47.4 Å². The number of pyridine rings is 1. The van der Waals surface area contributed by atoms with E-state index in [0.29, 0.717) is 11.0 Å². The van der Waals surface area contributed by atoms with Gasteiger partial charge in [0.2, 0.25) is 0 Å². The fraction of sp³-hybridized carbons (Fsp3) is 0.133. The summed E-state index contributed by atoms with van der Waals surface area (Å²) in [5.41, 5.74) is 2.07. The lowest BCUT2D eigenvalue weighted by molar-refractivity contribution is 0.589. The number of hydrogen-bond acceptors (Lipinski definition) is 3. The van der Waals surface area contributed by atoms with Crippen LogP contribution in [0.5, 0.6) is 0 Å². The van der Waals surface area contributed by atoms with E-state index >= 15 is 0 Å². The van der Waals surface area contributed by atoms with Gasteiger partial charge in [-0.3, -0.25) is 0 Å². The zero-order valence-corrected chi connectivity index (χ0v) is 13.1. The number of hydrogen-bond donors (Lipinski definition) is 0. The molecule has 0 aliphatic rings. The van der Waals surface area contributed by atoms with Crippen LogP contribution in [0.3, 0.4) is 0 Å². The highest BCUT2D eigenvalue weighted by Gasteiger charge is 2.23. The molecule has 6 heteroatoms. The van der Waals surface area contributed by atoms with E-state index < -0.39 is 10.0 Å². The van der Waals surface area contributed by atoms with E-state index in [0.717, 1.165) is 15.2 Å². The zero-order valence-electron chi connectivity index (χ0n) is 11.5. The van der Waals surface area contributed by atoms with Gasteiger partial charge in [0.05, 0.1) is 4.90 Å². The summed E-state index contributed by atoms with van der Waals surface area (Å²) >= 11 is 6.13. The minimum Gasteiger partial charge on any atom is -0.234 e. The van der Waals surface area contributed by atoms with Crippen LogP contribution >= 0.6 is 11.6 Å². The Kier molecular flexibility index (Phi) is 3.26. The molecule has 0 unspecified atom stereocenters. The molecule has 21 heavy (non-hydrogen) atoms. The quantitative estimate of drug-likeness (QED) is 0.725. The lowest BCUT2D eigenvalue weighted by Crippen LogP contribution is -2.13. The van der Waals surface area contributed by atoms with Crippen LogP contribution in [-0.4, -0.2) is 17.4 Å². The smallest absolute Gasteiger partial charge is 0.234 e. The van der Waals surface area contributed by atoms with E-state index in [2.05, 4.69) is 4.98 Å². The van der Waals surface area contributed by atoms with Crippen molar-refractivity contribution >= 4 is 32.7 Å². The second-order valence-corrected chi connectivity index (χ2v) is 7.09. The topological polar surface area (TPSA) is 52.0 Å². The maximum Gasteiger partial charge on any atom is 0.270 e. The third-order valence-electron chi connectivity index (χ3n) is 3.26. The van der Waals surface area contributed by atoms with Gasteiger partial charge in [-0.1, -0.05) is 29.3 Å². The molecule has 0 aliphatic carbocycles. The van der Waals surface area contributed by atoms with Crippen molar-refractivity contribution in [3.05, 3.63) is 58.9 Å². The molecule has 0 atom stereocenters. The molecular weight excluding hydrogens is 308 g/mol. The number of benzene rings is 1. The van der Waals surface area contributed by atoms with Gasteiger partial charge < -0.3 is 0 Å². The second kappa shape index (κ2) is 4.86. The first kappa shape index (κ1) is 14.1. The van der Waals surface area contributed by atoms with E-state index in [-0.39, 0.29) is 10.0 Å². The highest BCUT2D eigenvalue weighted by atomic mass is 35.5. The predicted octanol–water partition coefficient (Wildman–Crippen LogP) is 3.54. The van der Waals surface area contributed by atoms with Crippen molar-refractivity contribution in [3.63, 3.8) is 0 Å². The number of rotatable bonds is 2. The minimum absolute atomic E-state index is 0.128. The Morgan fingerprint density at radius 1 is 1.05 bits per heavy atom. The monoisotopic (exact) mass is 320 g/mol. The average Bonchev–Trinajstić information content (AvgIpc) is 2.75. The van der Waals surface area contributed by atoms with Crippen LogP contribution in [-0.2, 0) is 10.0 Å². The van der Waals surface area contributed by atoms with Crippen LogP contribution in [0, 0.1) is 13.8 Å². The molecule has 0 aliphatic heterocycles. The van der Waals surface area contributed by atoms with Gasteiger partial charge in [-0.25, -0.2) is 17.4 Å². The largest absolute Gasteiger partial charge is 0.270 e.